The van der Waals surface area contributed by atoms with Gasteiger partial charge in [-0.3, -0.25) is 14.6 Å². The number of nitrogens with zero attached hydrogens (tertiary/aromatic N) is 1. The molecule has 2 aromatic heterocycles. The number of pyridine rings is 1. The molecule has 0 unspecified atom stereocenters. The standard InChI is InChI=1S/C28H24N2O4/c1-33-28-18-25(34-19-22-6-2-3-15-29-22)13-10-21(28)9-12-24(32)17-23(31)11-8-20-5-4-7-27-26(20)14-16-30-27/h2-16,18,30H,17,19H2,1H3. The molecule has 0 aliphatic heterocycles. The minimum atomic E-state index is -0.285. The van der Waals surface area contributed by atoms with Crippen molar-refractivity contribution >= 4 is 34.6 Å². The molecule has 2 heterocycles. The molecule has 0 aliphatic rings. The van der Waals surface area contributed by atoms with E-state index in [4.69, 9.17) is 9.47 Å². The molecular weight excluding hydrogens is 428 g/mol. The number of rotatable bonds is 10. The second-order valence-corrected chi connectivity index (χ2v) is 7.58. The number of allylic oxidation sites excluding steroid dienone is 2. The Labute approximate surface area is 197 Å². The van der Waals surface area contributed by atoms with Gasteiger partial charge >= 0.3 is 0 Å². The third-order valence-electron chi connectivity index (χ3n) is 5.19. The summed E-state index contributed by atoms with van der Waals surface area (Å²) in [5.74, 6) is 0.650. The molecule has 4 aromatic rings. The number of carbonyl (C=O) groups is 2. The molecule has 0 amide bonds. The SMILES string of the molecule is COc1cc(OCc2ccccn2)ccc1C=CC(=O)CC(=O)C=Cc1cccc2[nH]ccc12. The highest BCUT2D eigenvalue weighted by molar-refractivity contribution is 6.11. The van der Waals surface area contributed by atoms with Crippen molar-refractivity contribution in [2.45, 2.75) is 13.0 Å². The van der Waals surface area contributed by atoms with Crippen LogP contribution in [-0.4, -0.2) is 28.6 Å². The van der Waals surface area contributed by atoms with Crippen LogP contribution < -0.4 is 9.47 Å². The zero-order valence-electron chi connectivity index (χ0n) is 18.7. The van der Waals surface area contributed by atoms with E-state index in [1.54, 1.807) is 43.7 Å². The molecule has 0 saturated heterocycles. The molecule has 0 fully saturated rings. The number of H-pyrrole nitrogens is 1. The van der Waals surface area contributed by atoms with Crippen LogP contribution in [0.2, 0.25) is 0 Å². The topological polar surface area (TPSA) is 81.3 Å². The lowest BCUT2D eigenvalue weighted by Gasteiger charge is -2.09. The van der Waals surface area contributed by atoms with Gasteiger partial charge in [0.05, 0.1) is 19.2 Å². The highest BCUT2D eigenvalue weighted by atomic mass is 16.5. The Bertz CT molecular complexity index is 1350. The number of aromatic amines is 1. The van der Waals surface area contributed by atoms with Gasteiger partial charge in [-0.1, -0.05) is 24.3 Å². The van der Waals surface area contributed by atoms with Crippen LogP contribution in [-0.2, 0) is 16.2 Å². The number of hydrogen-bond donors (Lipinski definition) is 1. The van der Waals surface area contributed by atoms with E-state index in [0.717, 1.165) is 22.2 Å². The van der Waals surface area contributed by atoms with Crippen LogP contribution in [0.4, 0.5) is 0 Å². The van der Waals surface area contributed by atoms with E-state index in [1.165, 1.54) is 12.2 Å². The summed E-state index contributed by atoms with van der Waals surface area (Å²) < 4.78 is 11.2. The Morgan fingerprint density at radius 1 is 0.941 bits per heavy atom. The molecule has 0 spiro atoms. The lowest BCUT2D eigenvalue weighted by Crippen LogP contribution is -2.02. The van der Waals surface area contributed by atoms with Crippen molar-refractivity contribution < 1.29 is 19.1 Å². The van der Waals surface area contributed by atoms with Crippen molar-refractivity contribution in [3.63, 3.8) is 0 Å². The molecule has 34 heavy (non-hydrogen) atoms. The fraction of sp³-hybridized carbons (Fsp3) is 0.107. The van der Waals surface area contributed by atoms with E-state index in [1.807, 2.05) is 48.7 Å². The molecule has 0 aliphatic carbocycles. The maximum atomic E-state index is 12.3. The average molecular weight is 453 g/mol. The van der Waals surface area contributed by atoms with E-state index in [9.17, 15) is 9.59 Å². The van der Waals surface area contributed by atoms with Crippen LogP contribution in [0.3, 0.4) is 0 Å². The Morgan fingerprint density at radius 3 is 2.53 bits per heavy atom. The van der Waals surface area contributed by atoms with Gasteiger partial charge in [0.15, 0.2) is 11.6 Å². The Kier molecular flexibility index (Phi) is 7.30. The summed E-state index contributed by atoms with van der Waals surface area (Å²) in [5, 5.41) is 1.03. The predicted molar refractivity (Wildman–Crippen MR) is 133 cm³/mol. The van der Waals surface area contributed by atoms with Crippen LogP contribution in [0.25, 0.3) is 23.1 Å². The van der Waals surface area contributed by atoms with Crippen LogP contribution in [0.1, 0.15) is 23.2 Å². The summed E-state index contributed by atoms with van der Waals surface area (Å²) in [5.41, 5.74) is 3.45. The van der Waals surface area contributed by atoms with Crippen LogP contribution in [0.15, 0.2) is 85.2 Å². The molecular formula is C28H24N2O4. The molecule has 2 aromatic carbocycles. The van der Waals surface area contributed by atoms with Gasteiger partial charge < -0.3 is 14.5 Å². The third-order valence-corrected chi connectivity index (χ3v) is 5.19. The van der Waals surface area contributed by atoms with Crippen molar-refractivity contribution in [3.05, 3.63) is 102 Å². The second-order valence-electron chi connectivity index (χ2n) is 7.58. The van der Waals surface area contributed by atoms with Crippen LogP contribution >= 0.6 is 0 Å². The first kappa shape index (κ1) is 22.7. The molecule has 0 saturated carbocycles. The monoisotopic (exact) mass is 452 g/mol. The minimum absolute atomic E-state index is 0.205. The summed E-state index contributed by atoms with van der Waals surface area (Å²) >= 11 is 0. The number of aromatic nitrogens is 2. The molecule has 0 bridgehead atoms. The normalized spacial score (nSPS) is 11.3. The van der Waals surface area contributed by atoms with E-state index >= 15 is 0 Å². The van der Waals surface area contributed by atoms with Crippen molar-refractivity contribution in [2.24, 2.45) is 0 Å². The fourth-order valence-corrected chi connectivity index (χ4v) is 3.47. The summed E-state index contributed by atoms with van der Waals surface area (Å²) in [6.07, 6.45) is 9.58. The van der Waals surface area contributed by atoms with E-state index < -0.39 is 0 Å². The van der Waals surface area contributed by atoms with Gasteiger partial charge in [-0.25, -0.2) is 0 Å². The first-order valence-corrected chi connectivity index (χ1v) is 10.8. The maximum Gasteiger partial charge on any atom is 0.163 e. The van der Waals surface area contributed by atoms with Crippen molar-refractivity contribution in [3.8, 4) is 11.5 Å². The highest BCUT2D eigenvalue weighted by Crippen LogP contribution is 2.26. The third kappa shape index (κ3) is 5.86. The molecule has 170 valence electrons. The lowest BCUT2D eigenvalue weighted by atomic mass is 10.1. The first-order chi connectivity index (χ1) is 16.6. The number of fused-ring (bicyclic) bond motifs is 1. The van der Waals surface area contributed by atoms with Gasteiger partial charge in [0.25, 0.3) is 0 Å². The van der Waals surface area contributed by atoms with Crippen LogP contribution in [0, 0.1) is 0 Å². The molecule has 4 rings (SSSR count). The summed E-state index contributed by atoms with van der Waals surface area (Å²) in [6, 6.07) is 18.8. The number of benzene rings is 2. The smallest absolute Gasteiger partial charge is 0.163 e. The molecule has 6 nitrogen and oxygen atoms in total. The maximum absolute atomic E-state index is 12.3. The first-order valence-electron chi connectivity index (χ1n) is 10.8. The molecule has 0 radical (unpaired) electrons. The number of hydrogen-bond acceptors (Lipinski definition) is 5. The number of ether oxygens (including phenoxy) is 2. The van der Waals surface area contributed by atoms with Gasteiger partial charge in [-0.05, 0) is 60.2 Å². The van der Waals surface area contributed by atoms with Crippen molar-refractivity contribution in [2.75, 3.05) is 7.11 Å². The number of ketones is 2. The highest BCUT2D eigenvalue weighted by Gasteiger charge is 2.07. The lowest BCUT2D eigenvalue weighted by molar-refractivity contribution is -0.121. The van der Waals surface area contributed by atoms with Crippen LogP contribution in [0.5, 0.6) is 11.5 Å². The predicted octanol–water partition coefficient (Wildman–Crippen LogP) is 5.41. The van der Waals surface area contributed by atoms with Crippen molar-refractivity contribution in [1.29, 1.82) is 0 Å². The summed E-state index contributed by atoms with van der Waals surface area (Å²) in [7, 11) is 1.55. The van der Waals surface area contributed by atoms with E-state index in [-0.39, 0.29) is 18.0 Å². The number of carbonyl (C=O) groups excluding carboxylic acids is 2. The van der Waals surface area contributed by atoms with Gasteiger partial charge in [0.2, 0.25) is 0 Å². The van der Waals surface area contributed by atoms with Gasteiger partial charge in [0.1, 0.15) is 18.1 Å². The van der Waals surface area contributed by atoms with Crippen molar-refractivity contribution in [1.82, 2.24) is 9.97 Å². The second kappa shape index (κ2) is 10.9. The quantitative estimate of drug-likeness (QED) is 0.257. The Balaban J connectivity index is 1.35. The zero-order valence-corrected chi connectivity index (χ0v) is 18.7. The number of methoxy groups -OCH3 is 1. The summed E-state index contributed by atoms with van der Waals surface area (Å²) in [6.45, 7) is 0.339. The zero-order chi connectivity index (χ0) is 23.8. The fourth-order valence-electron chi connectivity index (χ4n) is 3.47. The number of nitrogens with one attached hydrogen (secondary N) is 1. The van der Waals surface area contributed by atoms with Gasteiger partial charge in [0, 0.05) is 34.9 Å². The van der Waals surface area contributed by atoms with E-state index in [2.05, 4.69) is 9.97 Å². The largest absolute Gasteiger partial charge is 0.496 e. The Morgan fingerprint density at radius 2 is 1.76 bits per heavy atom. The molecule has 0 atom stereocenters. The summed E-state index contributed by atoms with van der Waals surface area (Å²) in [4.78, 5) is 32.0. The van der Waals surface area contributed by atoms with E-state index in [0.29, 0.717) is 23.7 Å². The average Bonchev–Trinajstić information content (AvgIpc) is 3.35. The molecule has 6 heteroatoms. The van der Waals surface area contributed by atoms with Gasteiger partial charge in [-0.15, -0.1) is 0 Å². The van der Waals surface area contributed by atoms with Gasteiger partial charge in [-0.2, -0.15) is 0 Å². The minimum Gasteiger partial charge on any atom is -0.496 e. The molecule has 1 N–H and O–H groups in total. The Hall–Kier alpha value is -4.45.